The second-order valence-corrected chi connectivity index (χ2v) is 10.6. The average molecular weight is 468 g/mol. The van der Waals surface area contributed by atoms with Crippen molar-refractivity contribution in [3.63, 3.8) is 0 Å². The molecule has 10 heteroatoms. The molecule has 0 atom stereocenters. The Balaban J connectivity index is 1.33. The zero-order valence-corrected chi connectivity index (χ0v) is 19.9. The maximum Gasteiger partial charge on any atom is 0.245 e. The molecule has 0 unspecified atom stereocenters. The van der Waals surface area contributed by atoms with E-state index >= 15 is 0 Å². The number of aryl methyl sites for hydroxylation is 1. The van der Waals surface area contributed by atoms with Crippen LogP contribution in [-0.4, -0.2) is 92.0 Å². The second-order valence-electron chi connectivity index (χ2n) is 8.68. The van der Waals surface area contributed by atoms with Gasteiger partial charge in [-0.1, -0.05) is 18.2 Å². The van der Waals surface area contributed by atoms with Gasteiger partial charge in [0.25, 0.3) is 0 Å². The lowest BCUT2D eigenvalue weighted by Gasteiger charge is -2.36. The molecule has 9 nitrogen and oxygen atoms in total. The van der Waals surface area contributed by atoms with Crippen LogP contribution in [0.25, 0.3) is 10.9 Å². The Kier molecular flexibility index (Phi) is 5.90. The lowest BCUT2D eigenvalue weighted by molar-refractivity contribution is 0.312. The quantitative estimate of drug-likeness (QED) is 0.572. The van der Waals surface area contributed by atoms with Crippen LogP contribution < -0.4 is 9.80 Å². The molecule has 0 amide bonds. The Morgan fingerprint density at radius 2 is 1.55 bits per heavy atom. The number of aromatic nitrogens is 3. The van der Waals surface area contributed by atoms with Crippen LogP contribution in [0.5, 0.6) is 0 Å². The number of rotatable bonds is 4. The number of fused-ring (bicyclic) bond motifs is 1. The molecule has 174 valence electrons. The first kappa shape index (κ1) is 22.0. The lowest BCUT2D eigenvalue weighted by Crippen LogP contribution is -2.49. The van der Waals surface area contributed by atoms with E-state index in [0.717, 1.165) is 43.1 Å². The van der Waals surface area contributed by atoms with Crippen molar-refractivity contribution >= 4 is 32.7 Å². The summed E-state index contributed by atoms with van der Waals surface area (Å²) in [6, 6.07) is 11.0. The van der Waals surface area contributed by atoms with Crippen molar-refractivity contribution in [2.24, 2.45) is 0 Å². The maximum atomic E-state index is 13.4. The number of pyridine rings is 1. The molecule has 4 heterocycles. The third-order valence-electron chi connectivity index (χ3n) is 6.39. The monoisotopic (exact) mass is 467 g/mol. The minimum Gasteiger partial charge on any atom is -0.354 e. The van der Waals surface area contributed by atoms with Crippen LogP contribution >= 0.6 is 0 Å². The van der Waals surface area contributed by atoms with E-state index in [1.807, 2.05) is 31.2 Å². The molecular weight excluding hydrogens is 438 g/mol. The van der Waals surface area contributed by atoms with Crippen LogP contribution in [0.1, 0.15) is 5.69 Å². The van der Waals surface area contributed by atoms with Crippen LogP contribution in [-0.2, 0) is 10.0 Å². The molecule has 5 rings (SSSR count). The first-order chi connectivity index (χ1) is 15.9. The minimum atomic E-state index is -3.64. The molecule has 1 aromatic carbocycles. The summed E-state index contributed by atoms with van der Waals surface area (Å²) < 4.78 is 28.4. The van der Waals surface area contributed by atoms with Gasteiger partial charge in [-0.05, 0) is 26.1 Å². The zero-order chi connectivity index (χ0) is 23.0. The number of nitrogens with zero attached hydrogens (tertiary/aromatic N) is 7. The number of hydrogen-bond acceptors (Lipinski definition) is 8. The van der Waals surface area contributed by atoms with Crippen LogP contribution in [0.3, 0.4) is 0 Å². The summed E-state index contributed by atoms with van der Waals surface area (Å²) in [5, 5.41) is 0.821. The predicted molar refractivity (Wildman–Crippen MR) is 129 cm³/mol. The third kappa shape index (κ3) is 4.38. The fraction of sp³-hybridized carbons (Fsp3) is 0.435. The molecule has 0 radical (unpaired) electrons. The molecule has 0 bridgehead atoms. The molecule has 3 aromatic rings. The van der Waals surface area contributed by atoms with Crippen molar-refractivity contribution in [3.8, 4) is 0 Å². The van der Waals surface area contributed by atoms with Gasteiger partial charge in [0.05, 0.1) is 5.52 Å². The Morgan fingerprint density at radius 1 is 0.848 bits per heavy atom. The molecular formula is C23H29N7O2S. The first-order valence-electron chi connectivity index (χ1n) is 11.3. The number of benzene rings is 1. The van der Waals surface area contributed by atoms with Gasteiger partial charge in [0, 0.05) is 75.7 Å². The van der Waals surface area contributed by atoms with E-state index in [1.165, 1.54) is 0 Å². The Morgan fingerprint density at radius 3 is 2.30 bits per heavy atom. The Labute approximate surface area is 194 Å². The minimum absolute atomic E-state index is 0.262. The molecule has 0 N–H and O–H groups in total. The number of piperazine rings is 2. The van der Waals surface area contributed by atoms with Crippen molar-refractivity contribution in [1.82, 2.24) is 24.2 Å². The molecule has 0 aliphatic carbocycles. The van der Waals surface area contributed by atoms with Gasteiger partial charge in [-0.2, -0.15) is 9.29 Å². The summed E-state index contributed by atoms with van der Waals surface area (Å²) in [6.07, 6.45) is 1.63. The van der Waals surface area contributed by atoms with Crippen LogP contribution in [0, 0.1) is 6.92 Å². The summed E-state index contributed by atoms with van der Waals surface area (Å²) in [5.41, 5.74) is 1.44. The molecule has 2 saturated heterocycles. The molecule has 2 aromatic heterocycles. The van der Waals surface area contributed by atoms with E-state index in [9.17, 15) is 8.42 Å². The number of likely N-dealkylation sites (N-methyl/N-ethyl adjacent to an activating group) is 1. The maximum absolute atomic E-state index is 13.4. The van der Waals surface area contributed by atoms with Gasteiger partial charge in [-0.3, -0.25) is 4.98 Å². The molecule has 2 fully saturated rings. The van der Waals surface area contributed by atoms with E-state index < -0.39 is 10.0 Å². The van der Waals surface area contributed by atoms with Crippen molar-refractivity contribution < 1.29 is 8.42 Å². The van der Waals surface area contributed by atoms with Crippen LogP contribution in [0.15, 0.2) is 47.5 Å². The summed E-state index contributed by atoms with van der Waals surface area (Å²) >= 11 is 0. The molecule has 0 spiro atoms. The fourth-order valence-electron chi connectivity index (χ4n) is 4.43. The van der Waals surface area contributed by atoms with Gasteiger partial charge in [0.1, 0.15) is 10.7 Å². The Hall–Kier alpha value is -2.82. The molecule has 2 aliphatic rings. The normalized spacial score (nSPS) is 18.7. The second kappa shape index (κ2) is 8.85. The summed E-state index contributed by atoms with van der Waals surface area (Å²) in [7, 11) is -1.51. The van der Waals surface area contributed by atoms with Crippen LogP contribution in [0.2, 0.25) is 0 Å². The fourth-order valence-corrected chi connectivity index (χ4v) is 6.02. The zero-order valence-electron chi connectivity index (χ0n) is 19.1. The van der Waals surface area contributed by atoms with Gasteiger partial charge in [0.15, 0.2) is 0 Å². The lowest BCUT2D eigenvalue weighted by atomic mass is 10.2. The first-order valence-corrected chi connectivity index (χ1v) is 12.7. The van der Waals surface area contributed by atoms with E-state index in [4.69, 9.17) is 4.98 Å². The number of para-hydroxylation sites is 1. The number of hydrogen-bond donors (Lipinski definition) is 0. The largest absolute Gasteiger partial charge is 0.354 e. The van der Waals surface area contributed by atoms with Gasteiger partial charge in [-0.15, -0.1) is 0 Å². The molecule has 2 aliphatic heterocycles. The van der Waals surface area contributed by atoms with Gasteiger partial charge in [0.2, 0.25) is 16.0 Å². The summed E-state index contributed by atoms with van der Waals surface area (Å²) in [5.74, 6) is 1.62. The average Bonchev–Trinajstić information content (AvgIpc) is 2.84. The van der Waals surface area contributed by atoms with E-state index in [2.05, 4.69) is 31.7 Å². The molecule has 33 heavy (non-hydrogen) atoms. The van der Waals surface area contributed by atoms with E-state index in [-0.39, 0.29) is 4.90 Å². The number of anilines is 2. The topological polar surface area (TPSA) is 85.8 Å². The van der Waals surface area contributed by atoms with E-state index in [1.54, 1.807) is 22.6 Å². The van der Waals surface area contributed by atoms with Gasteiger partial charge >= 0.3 is 0 Å². The van der Waals surface area contributed by atoms with Crippen molar-refractivity contribution in [2.45, 2.75) is 11.8 Å². The number of sulfonamides is 1. The molecule has 0 saturated carbocycles. The predicted octanol–water partition coefficient (Wildman–Crippen LogP) is 1.60. The van der Waals surface area contributed by atoms with E-state index in [0.29, 0.717) is 37.6 Å². The standard InChI is InChI=1S/C23H29N7O2S/c1-18-17-21(28-11-9-27(2)10-12-28)26-23(25-18)29-13-15-30(16-14-29)33(31,32)20-7-3-5-19-6-4-8-24-22(19)20/h3-8,17H,9-16H2,1-2H3. The summed E-state index contributed by atoms with van der Waals surface area (Å²) in [4.78, 5) is 20.8. The smallest absolute Gasteiger partial charge is 0.245 e. The highest BCUT2D eigenvalue weighted by molar-refractivity contribution is 7.89. The third-order valence-corrected chi connectivity index (χ3v) is 8.32. The van der Waals surface area contributed by atoms with Gasteiger partial charge in [-0.25, -0.2) is 13.4 Å². The SMILES string of the molecule is Cc1cc(N2CCN(C)CC2)nc(N2CCN(S(=O)(=O)c3cccc4cccnc34)CC2)n1. The Bertz CT molecular complexity index is 1250. The van der Waals surface area contributed by atoms with Crippen molar-refractivity contribution in [2.75, 3.05) is 69.2 Å². The highest BCUT2D eigenvalue weighted by Crippen LogP contribution is 2.26. The van der Waals surface area contributed by atoms with Gasteiger partial charge < -0.3 is 14.7 Å². The highest BCUT2D eigenvalue weighted by atomic mass is 32.2. The summed E-state index contributed by atoms with van der Waals surface area (Å²) in [6.45, 7) is 7.75. The van der Waals surface area contributed by atoms with Crippen molar-refractivity contribution in [3.05, 3.63) is 48.3 Å². The van der Waals surface area contributed by atoms with Crippen LogP contribution in [0.4, 0.5) is 11.8 Å². The highest BCUT2D eigenvalue weighted by Gasteiger charge is 2.31. The van der Waals surface area contributed by atoms with Crippen molar-refractivity contribution in [1.29, 1.82) is 0 Å².